The second kappa shape index (κ2) is 9.08. The van der Waals surface area contributed by atoms with E-state index in [1.165, 1.54) is 6.92 Å². The first-order chi connectivity index (χ1) is 12.0. The maximum atomic E-state index is 11.0. The number of aliphatic hydroxyl groups excluding tert-OH is 1. The minimum atomic E-state index is -0.617. The van der Waals surface area contributed by atoms with Crippen molar-refractivity contribution in [3.05, 3.63) is 53.6 Å². The van der Waals surface area contributed by atoms with Gasteiger partial charge in [-0.1, -0.05) is 18.2 Å². The molecule has 25 heavy (non-hydrogen) atoms. The van der Waals surface area contributed by atoms with Crippen LogP contribution in [-0.2, 0) is 11.2 Å². The van der Waals surface area contributed by atoms with Gasteiger partial charge in [0, 0.05) is 0 Å². The molecule has 1 atom stereocenters. The van der Waals surface area contributed by atoms with Crippen LogP contribution >= 0.6 is 0 Å². The van der Waals surface area contributed by atoms with Gasteiger partial charge in [-0.2, -0.15) is 0 Å². The van der Waals surface area contributed by atoms with E-state index >= 15 is 0 Å². The van der Waals surface area contributed by atoms with Crippen molar-refractivity contribution in [2.75, 3.05) is 20.8 Å². The highest BCUT2D eigenvalue weighted by atomic mass is 16.5. The fourth-order valence-corrected chi connectivity index (χ4v) is 2.50. The second-order valence-corrected chi connectivity index (χ2v) is 5.81. The minimum Gasteiger partial charge on any atom is -0.493 e. The van der Waals surface area contributed by atoms with E-state index in [4.69, 9.17) is 14.2 Å². The van der Waals surface area contributed by atoms with Crippen molar-refractivity contribution in [1.29, 1.82) is 0 Å². The van der Waals surface area contributed by atoms with E-state index in [1.807, 2.05) is 30.3 Å². The largest absolute Gasteiger partial charge is 0.493 e. The molecule has 2 rings (SSSR count). The molecule has 0 fully saturated rings. The van der Waals surface area contributed by atoms with Gasteiger partial charge < -0.3 is 19.3 Å². The topological polar surface area (TPSA) is 65.0 Å². The fourth-order valence-electron chi connectivity index (χ4n) is 2.50. The maximum absolute atomic E-state index is 11.0. The molecule has 0 amide bonds. The van der Waals surface area contributed by atoms with E-state index < -0.39 is 6.10 Å². The quantitative estimate of drug-likeness (QED) is 0.756. The van der Waals surface area contributed by atoms with Gasteiger partial charge in [0.2, 0.25) is 0 Å². The molecule has 2 aromatic carbocycles. The highest BCUT2D eigenvalue weighted by molar-refractivity contribution is 5.77. The van der Waals surface area contributed by atoms with E-state index in [1.54, 1.807) is 26.4 Å². The Bertz CT molecular complexity index is 711. The van der Waals surface area contributed by atoms with Crippen LogP contribution in [0.5, 0.6) is 17.2 Å². The average molecular weight is 344 g/mol. The third-order valence-electron chi connectivity index (χ3n) is 3.84. The number of carbonyl (C=O) groups is 1. The van der Waals surface area contributed by atoms with E-state index in [0.29, 0.717) is 30.1 Å². The number of benzene rings is 2. The molecule has 2 aromatic rings. The Morgan fingerprint density at radius 2 is 1.84 bits per heavy atom. The number of hydrogen-bond donors (Lipinski definition) is 1. The normalized spacial score (nSPS) is 11.7. The van der Waals surface area contributed by atoms with Gasteiger partial charge in [0.25, 0.3) is 0 Å². The second-order valence-electron chi connectivity index (χ2n) is 5.81. The van der Waals surface area contributed by atoms with E-state index in [-0.39, 0.29) is 12.4 Å². The summed E-state index contributed by atoms with van der Waals surface area (Å²) >= 11 is 0. The van der Waals surface area contributed by atoms with Crippen LogP contribution < -0.4 is 14.2 Å². The third kappa shape index (κ3) is 5.50. The van der Waals surface area contributed by atoms with Gasteiger partial charge in [-0.25, -0.2) is 0 Å². The van der Waals surface area contributed by atoms with Crippen molar-refractivity contribution in [1.82, 2.24) is 0 Å². The van der Waals surface area contributed by atoms with Crippen LogP contribution in [-0.4, -0.2) is 31.7 Å². The first kappa shape index (κ1) is 18.8. The number of aryl methyl sites for hydroxylation is 1. The number of ketones is 1. The Labute approximate surface area is 148 Å². The summed E-state index contributed by atoms with van der Waals surface area (Å²) in [5.41, 5.74) is 1.82. The number of aliphatic hydroxyl groups is 1. The molecule has 0 radical (unpaired) electrons. The van der Waals surface area contributed by atoms with Crippen molar-refractivity contribution in [2.45, 2.75) is 25.9 Å². The molecule has 0 spiro atoms. The molecular weight excluding hydrogens is 320 g/mol. The van der Waals surface area contributed by atoms with Crippen molar-refractivity contribution in [3.8, 4) is 17.2 Å². The van der Waals surface area contributed by atoms with E-state index in [0.717, 1.165) is 11.1 Å². The lowest BCUT2D eigenvalue weighted by atomic mass is 10.0. The summed E-state index contributed by atoms with van der Waals surface area (Å²) in [5.74, 6) is 1.90. The highest BCUT2D eigenvalue weighted by Gasteiger charge is 2.11. The van der Waals surface area contributed by atoms with Crippen molar-refractivity contribution in [3.63, 3.8) is 0 Å². The monoisotopic (exact) mass is 344 g/mol. The molecule has 134 valence electrons. The Morgan fingerprint density at radius 1 is 1.08 bits per heavy atom. The zero-order valence-corrected chi connectivity index (χ0v) is 14.8. The lowest BCUT2D eigenvalue weighted by molar-refractivity contribution is -0.118. The summed E-state index contributed by atoms with van der Waals surface area (Å²) in [7, 11) is 3.20. The summed E-state index contributed by atoms with van der Waals surface area (Å²) in [6, 6.07) is 12.9. The van der Waals surface area contributed by atoms with Crippen LogP contribution in [0.25, 0.3) is 0 Å². The van der Waals surface area contributed by atoms with E-state index in [2.05, 4.69) is 0 Å². The lowest BCUT2D eigenvalue weighted by Crippen LogP contribution is -2.07. The van der Waals surface area contributed by atoms with Gasteiger partial charge in [-0.05, 0) is 55.2 Å². The summed E-state index contributed by atoms with van der Waals surface area (Å²) in [6.45, 7) is 1.51. The standard InChI is InChI=1S/C20H24O5/c1-14(21)13-25-17-6-4-5-16(12-17)18(22)9-7-15-8-10-19(23-2)20(11-15)24-3/h4-6,8,10-12,18,22H,7,9,13H2,1-3H3/t18-/m1/s1. The van der Waals surface area contributed by atoms with Crippen molar-refractivity contribution >= 4 is 5.78 Å². The maximum Gasteiger partial charge on any atom is 0.167 e. The highest BCUT2D eigenvalue weighted by Crippen LogP contribution is 2.29. The summed E-state index contributed by atoms with van der Waals surface area (Å²) in [4.78, 5) is 11.0. The van der Waals surface area contributed by atoms with Crippen LogP contribution in [0.3, 0.4) is 0 Å². The molecule has 0 aliphatic heterocycles. The van der Waals surface area contributed by atoms with Gasteiger partial charge in [0.15, 0.2) is 17.3 Å². The summed E-state index contributed by atoms with van der Waals surface area (Å²) in [5, 5.41) is 10.4. The molecule has 0 saturated heterocycles. The molecule has 0 bridgehead atoms. The molecule has 0 heterocycles. The molecule has 5 nitrogen and oxygen atoms in total. The van der Waals surface area contributed by atoms with Crippen LogP contribution in [0.2, 0.25) is 0 Å². The lowest BCUT2D eigenvalue weighted by Gasteiger charge is -2.14. The van der Waals surface area contributed by atoms with Crippen LogP contribution in [0.15, 0.2) is 42.5 Å². The Balaban J connectivity index is 1.99. The third-order valence-corrected chi connectivity index (χ3v) is 3.84. The van der Waals surface area contributed by atoms with Crippen molar-refractivity contribution in [2.24, 2.45) is 0 Å². The van der Waals surface area contributed by atoms with Crippen LogP contribution in [0.1, 0.15) is 30.6 Å². The van der Waals surface area contributed by atoms with Crippen molar-refractivity contribution < 1.29 is 24.1 Å². The first-order valence-corrected chi connectivity index (χ1v) is 8.14. The molecular formula is C20H24O5. The van der Waals surface area contributed by atoms with Gasteiger partial charge in [-0.3, -0.25) is 4.79 Å². The minimum absolute atomic E-state index is 0.0329. The number of methoxy groups -OCH3 is 2. The molecule has 0 aromatic heterocycles. The number of Topliss-reactive ketones (excluding diaryl/α,β-unsaturated/α-hetero) is 1. The zero-order chi connectivity index (χ0) is 18.2. The smallest absolute Gasteiger partial charge is 0.167 e. The summed E-state index contributed by atoms with van der Waals surface area (Å²) in [6.07, 6.45) is 0.639. The zero-order valence-electron chi connectivity index (χ0n) is 14.8. The SMILES string of the molecule is COc1ccc(CC[C@@H](O)c2cccc(OCC(C)=O)c2)cc1OC. The molecule has 1 N–H and O–H groups in total. The number of hydrogen-bond acceptors (Lipinski definition) is 5. The fraction of sp³-hybridized carbons (Fsp3) is 0.350. The van der Waals surface area contributed by atoms with Gasteiger partial charge in [0.05, 0.1) is 20.3 Å². The molecule has 0 aliphatic carbocycles. The predicted octanol–water partition coefficient (Wildman–Crippen LogP) is 3.34. The molecule has 0 saturated carbocycles. The Kier molecular flexibility index (Phi) is 6.83. The molecule has 0 unspecified atom stereocenters. The summed E-state index contributed by atoms with van der Waals surface area (Å²) < 4.78 is 15.9. The molecule has 0 aliphatic rings. The first-order valence-electron chi connectivity index (χ1n) is 8.14. The van der Waals surface area contributed by atoms with Gasteiger partial charge in [-0.15, -0.1) is 0 Å². The number of ether oxygens (including phenoxy) is 3. The molecule has 5 heteroatoms. The van der Waals surface area contributed by atoms with Gasteiger partial charge >= 0.3 is 0 Å². The number of carbonyl (C=O) groups excluding carboxylic acids is 1. The Morgan fingerprint density at radius 3 is 2.52 bits per heavy atom. The number of rotatable bonds is 9. The van der Waals surface area contributed by atoms with Crippen LogP contribution in [0, 0.1) is 0 Å². The average Bonchev–Trinajstić information content (AvgIpc) is 2.64. The predicted molar refractivity (Wildman–Crippen MR) is 95.4 cm³/mol. The van der Waals surface area contributed by atoms with Gasteiger partial charge in [0.1, 0.15) is 12.4 Å². The van der Waals surface area contributed by atoms with E-state index in [9.17, 15) is 9.90 Å². The Hall–Kier alpha value is -2.53. The van der Waals surface area contributed by atoms with Crippen LogP contribution in [0.4, 0.5) is 0 Å².